The Bertz CT molecular complexity index is 155. The van der Waals surface area contributed by atoms with Crippen LogP contribution in [-0.4, -0.2) is 36.2 Å². The van der Waals surface area contributed by atoms with E-state index in [1.54, 1.807) is 27.7 Å². The Hall–Kier alpha value is 0.0300. The Morgan fingerprint density at radius 3 is 2.85 bits per heavy atom. The zero-order chi connectivity index (χ0) is 10.1. The standard InChI is InChI=1S/C8H15NO2S2/c1-3-7(6-13-12-2)8(11)9-4-5-10/h3,5,7-9,11H,1,4,6H2,2H3. The molecule has 2 N–H and O–H groups in total. The molecule has 0 aliphatic carbocycles. The second-order valence-corrected chi connectivity index (χ2v) is 4.98. The van der Waals surface area contributed by atoms with Gasteiger partial charge in [-0.2, -0.15) is 0 Å². The van der Waals surface area contributed by atoms with Crippen molar-refractivity contribution >= 4 is 27.9 Å². The molecule has 76 valence electrons. The summed E-state index contributed by atoms with van der Waals surface area (Å²) in [6.07, 6.45) is 3.73. The first kappa shape index (κ1) is 13.0. The van der Waals surface area contributed by atoms with Crippen LogP contribution < -0.4 is 5.32 Å². The molecular formula is C8H15NO2S2. The van der Waals surface area contributed by atoms with Gasteiger partial charge in [0.2, 0.25) is 0 Å². The second kappa shape index (κ2) is 8.62. The van der Waals surface area contributed by atoms with Gasteiger partial charge in [0.15, 0.2) is 0 Å². The molecule has 0 saturated heterocycles. The van der Waals surface area contributed by atoms with Gasteiger partial charge in [0.25, 0.3) is 0 Å². The molecule has 0 aliphatic rings. The number of aldehydes is 1. The van der Waals surface area contributed by atoms with Crippen LogP contribution in [0.2, 0.25) is 0 Å². The summed E-state index contributed by atoms with van der Waals surface area (Å²) in [5, 5.41) is 12.2. The molecule has 0 fully saturated rings. The lowest BCUT2D eigenvalue weighted by Crippen LogP contribution is -2.37. The van der Waals surface area contributed by atoms with E-state index in [0.717, 1.165) is 12.0 Å². The van der Waals surface area contributed by atoms with Gasteiger partial charge in [0.05, 0.1) is 6.54 Å². The molecule has 2 unspecified atom stereocenters. The minimum absolute atomic E-state index is 0.0163. The fourth-order valence-corrected chi connectivity index (χ4v) is 2.25. The van der Waals surface area contributed by atoms with Crippen molar-refractivity contribution < 1.29 is 9.90 Å². The largest absolute Gasteiger partial charge is 0.378 e. The highest BCUT2D eigenvalue weighted by Crippen LogP contribution is 2.22. The van der Waals surface area contributed by atoms with Gasteiger partial charge >= 0.3 is 0 Å². The molecular weight excluding hydrogens is 206 g/mol. The van der Waals surface area contributed by atoms with Gasteiger partial charge in [-0.05, 0) is 6.26 Å². The summed E-state index contributed by atoms with van der Waals surface area (Å²) >= 11 is 0. The fraction of sp³-hybridized carbons (Fsp3) is 0.625. The number of rotatable bonds is 8. The maximum atomic E-state index is 10.0. The highest BCUT2D eigenvalue weighted by molar-refractivity contribution is 8.76. The van der Waals surface area contributed by atoms with E-state index in [9.17, 15) is 9.90 Å². The van der Waals surface area contributed by atoms with Crippen molar-refractivity contribution in [2.24, 2.45) is 5.92 Å². The third-order valence-corrected chi connectivity index (χ3v) is 3.37. The number of aliphatic hydroxyl groups is 1. The van der Waals surface area contributed by atoms with Crippen LogP contribution in [0.4, 0.5) is 0 Å². The van der Waals surface area contributed by atoms with Gasteiger partial charge < -0.3 is 9.90 Å². The third-order valence-electron chi connectivity index (χ3n) is 1.50. The van der Waals surface area contributed by atoms with Crippen molar-refractivity contribution in [1.82, 2.24) is 5.32 Å². The Morgan fingerprint density at radius 1 is 1.69 bits per heavy atom. The Balaban J connectivity index is 3.76. The fourth-order valence-electron chi connectivity index (χ4n) is 0.755. The predicted octanol–water partition coefficient (Wildman–Crippen LogP) is 0.907. The van der Waals surface area contributed by atoms with Crippen molar-refractivity contribution in [3.8, 4) is 0 Å². The third kappa shape index (κ3) is 6.15. The lowest BCUT2D eigenvalue weighted by Gasteiger charge is -2.18. The van der Waals surface area contributed by atoms with Gasteiger partial charge in [0, 0.05) is 11.7 Å². The summed E-state index contributed by atoms with van der Waals surface area (Å²) in [6, 6.07) is 0. The van der Waals surface area contributed by atoms with E-state index in [1.165, 1.54) is 0 Å². The predicted molar refractivity (Wildman–Crippen MR) is 59.7 cm³/mol. The minimum atomic E-state index is -0.678. The number of hydrogen-bond acceptors (Lipinski definition) is 5. The summed E-state index contributed by atoms with van der Waals surface area (Å²) < 4.78 is 0. The van der Waals surface area contributed by atoms with E-state index in [4.69, 9.17) is 0 Å². The maximum Gasteiger partial charge on any atom is 0.133 e. The number of carbonyl (C=O) groups is 1. The highest BCUT2D eigenvalue weighted by Gasteiger charge is 2.14. The van der Waals surface area contributed by atoms with Crippen molar-refractivity contribution in [2.75, 3.05) is 18.6 Å². The lowest BCUT2D eigenvalue weighted by atomic mass is 10.1. The van der Waals surface area contributed by atoms with Crippen LogP contribution in [0.25, 0.3) is 0 Å². The van der Waals surface area contributed by atoms with Crippen LogP contribution >= 0.6 is 21.6 Å². The van der Waals surface area contributed by atoms with Gasteiger partial charge in [-0.3, -0.25) is 5.32 Å². The van der Waals surface area contributed by atoms with Crippen LogP contribution in [0, 0.1) is 5.92 Å². The molecule has 5 heteroatoms. The molecule has 0 aromatic rings. The molecule has 13 heavy (non-hydrogen) atoms. The van der Waals surface area contributed by atoms with Crippen molar-refractivity contribution in [1.29, 1.82) is 0 Å². The van der Waals surface area contributed by atoms with E-state index < -0.39 is 6.23 Å². The van der Waals surface area contributed by atoms with Crippen LogP contribution in [0.3, 0.4) is 0 Å². The van der Waals surface area contributed by atoms with E-state index in [0.29, 0.717) is 0 Å². The first-order chi connectivity index (χ1) is 6.26. The average Bonchev–Trinajstić information content (AvgIpc) is 2.16. The number of hydrogen-bond donors (Lipinski definition) is 2. The van der Waals surface area contributed by atoms with Gasteiger partial charge in [-0.25, -0.2) is 0 Å². The first-order valence-corrected chi connectivity index (χ1v) is 6.62. The van der Waals surface area contributed by atoms with Crippen LogP contribution in [-0.2, 0) is 4.79 Å². The second-order valence-electron chi connectivity index (χ2n) is 2.37. The summed E-state index contributed by atoms with van der Waals surface area (Å²) in [6.45, 7) is 3.81. The van der Waals surface area contributed by atoms with Crippen molar-refractivity contribution in [3.05, 3.63) is 12.7 Å². The van der Waals surface area contributed by atoms with Gasteiger partial charge in [-0.15, -0.1) is 6.58 Å². The summed E-state index contributed by atoms with van der Waals surface area (Å²) in [5.41, 5.74) is 0. The maximum absolute atomic E-state index is 10.0. The summed E-state index contributed by atoms with van der Waals surface area (Å²) in [5.74, 6) is 0.773. The molecule has 0 saturated carbocycles. The van der Waals surface area contributed by atoms with Gasteiger partial charge in [-0.1, -0.05) is 27.7 Å². The monoisotopic (exact) mass is 221 g/mol. The molecule has 0 radical (unpaired) electrons. The molecule has 0 amide bonds. The zero-order valence-electron chi connectivity index (χ0n) is 7.60. The first-order valence-electron chi connectivity index (χ1n) is 3.89. The van der Waals surface area contributed by atoms with E-state index in [-0.39, 0.29) is 12.5 Å². The Kier molecular flexibility index (Phi) is 8.64. The van der Waals surface area contributed by atoms with Crippen LogP contribution in [0.5, 0.6) is 0 Å². The molecule has 0 bridgehead atoms. The summed E-state index contributed by atoms with van der Waals surface area (Å²) in [7, 11) is 3.31. The van der Waals surface area contributed by atoms with Crippen molar-refractivity contribution in [2.45, 2.75) is 6.23 Å². The van der Waals surface area contributed by atoms with Crippen molar-refractivity contribution in [3.63, 3.8) is 0 Å². The molecule has 0 aromatic carbocycles. The smallest absolute Gasteiger partial charge is 0.133 e. The Labute approximate surface area is 86.8 Å². The van der Waals surface area contributed by atoms with Crippen LogP contribution in [0.1, 0.15) is 0 Å². The van der Waals surface area contributed by atoms with E-state index in [2.05, 4.69) is 11.9 Å². The van der Waals surface area contributed by atoms with Gasteiger partial charge in [0.1, 0.15) is 12.5 Å². The molecule has 0 spiro atoms. The molecule has 3 nitrogen and oxygen atoms in total. The number of nitrogens with one attached hydrogen (secondary N) is 1. The molecule has 2 atom stereocenters. The molecule has 0 rings (SSSR count). The minimum Gasteiger partial charge on any atom is -0.378 e. The normalized spacial score (nSPS) is 14.9. The number of carbonyl (C=O) groups excluding carboxylic acids is 1. The molecule has 0 aromatic heterocycles. The van der Waals surface area contributed by atoms with E-state index in [1.807, 2.05) is 6.26 Å². The quantitative estimate of drug-likeness (QED) is 0.276. The lowest BCUT2D eigenvalue weighted by molar-refractivity contribution is -0.107. The average molecular weight is 221 g/mol. The summed E-state index contributed by atoms with van der Waals surface area (Å²) in [4.78, 5) is 10.0. The zero-order valence-corrected chi connectivity index (χ0v) is 9.24. The van der Waals surface area contributed by atoms with Crippen LogP contribution in [0.15, 0.2) is 12.7 Å². The molecule has 0 aliphatic heterocycles. The molecule has 0 heterocycles. The Morgan fingerprint density at radius 2 is 2.38 bits per heavy atom. The van der Waals surface area contributed by atoms with E-state index >= 15 is 0 Å². The topological polar surface area (TPSA) is 49.3 Å². The highest BCUT2D eigenvalue weighted by atomic mass is 33.1. The SMILES string of the molecule is C=CC(CSSC)C(O)NCC=O. The number of aliphatic hydroxyl groups excluding tert-OH is 1.